The largest absolute Gasteiger partial charge is 0.464 e. The molecule has 14 heavy (non-hydrogen) atoms. The van der Waals surface area contributed by atoms with Crippen molar-refractivity contribution in [2.75, 3.05) is 6.61 Å². The van der Waals surface area contributed by atoms with Crippen LogP contribution in [-0.4, -0.2) is 29.8 Å². The first kappa shape index (κ1) is 11.5. The van der Waals surface area contributed by atoms with Crippen molar-refractivity contribution in [1.82, 2.24) is 0 Å². The van der Waals surface area contributed by atoms with Crippen LogP contribution in [0.5, 0.6) is 0 Å². The lowest BCUT2D eigenvalue weighted by Gasteiger charge is -2.25. The highest BCUT2D eigenvalue weighted by atomic mass is 16.5. The predicted molar refractivity (Wildman–Crippen MR) is 52.6 cm³/mol. The summed E-state index contributed by atoms with van der Waals surface area (Å²) in [6, 6.07) is -0.906. The van der Waals surface area contributed by atoms with Crippen LogP contribution in [-0.2, 0) is 9.53 Å². The molecule has 4 nitrogen and oxygen atoms in total. The van der Waals surface area contributed by atoms with Gasteiger partial charge in [0.25, 0.3) is 0 Å². The average molecular weight is 201 g/mol. The number of aliphatic hydroxyl groups is 1. The maximum absolute atomic E-state index is 11.2. The van der Waals surface area contributed by atoms with Gasteiger partial charge < -0.3 is 15.6 Å². The van der Waals surface area contributed by atoms with Gasteiger partial charge in [0, 0.05) is 0 Å². The lowest BCUT2D eigenvalue weighted by molar-refractivity contribution is -0.148. The number of carbonyl (C=O) groups excluding carboxylic acids is 1. The minimum Gasteiger partial charge on any atom is -0.464 e. The minimum atomic E-state index is -0.906. The molecule has 0 aromatic rings. The number of aliphatic hydroxyl groups excluding tert-OH is 1. The Morgan fingerprint density at radius 2 is 2.29 bits per heavy atom. The van der Waals surface area contributed by atoms with Crippen LogP contribution in [0.25, 0.3) is 0 Å². The van der Waals surface area contributed by atoms with Crippen molar-refractivity contribution in [3.05, 3.63) is 0 Å². The third-order valence-electron chi connectivity index (χ3n) is 2.79. The Balaban J connectivity index is 2.07. The zero-order valence-corrected chi connectivity index (χ0v) is 8.61. The summed E-state index contributed by atoms with van der Waals surface area (Å²) in [5.74, 6) is 0.227. The molecule has 0 saturated heterocycles. The molecule has 0 radical (unpaired) electrons. The van der Waals surface area contributed by atoms with Gasteiger partial charge in [-0.05, 0) is 19.3 Å². The van der Waals surface area contributed by atoms with Crippen LogP contribution in [0.15, 0.2) is 0 Å². The molecule has 0 bridgehead atoms. The number of carbonyl (C=O) groups is 1. The Bertz CT molecular complexity index is 190. The first-order chi connectivity index (χ1) is 6.61. The molecule has 1 rings (SSSR count). The van der Waals surface area contributed by atoms with E-state index in [9.17, 15) is 4.79 Å². The Hall–Kier alpha value is -0.610. The second-order valence-corrected chi connectivity index (χ2v) is 4.02. The quantitative estimate of drug-likeness (QED) is 0.633. The molecule has 0 aromatic heterocycles. The molecule has 2 atom stereocenters. The van der Waals surface area contributed by atoms with Crippen LogP contribution < -0.4 is 5.73 Å². The topological polar surface area (TPSA) is 72.5 Å². The molecule has 1 saturated carbocycles. The van der Waals surface area contributed by atoms with E-state index in [-0.39, 0.29) is 0 Å². The van der Waals surface area contributed by atoms with Gasteiger partial charge in [0.1, 0.15) is 6.04 Å². The van der Waals surface area contributed by atoms with Gasteiger partial charge in [-0.25, -0.2) is 0 Å². The van der Waals surface area contributed by atoms with Crippen molar-refractivity contribution >= 4 is 5.97 Å². The summed E-state index contributed by atoms with van der Waals surface area (Å²) < 4.78 is 4.95. The molecular formula is C10H19NO3. The lowest BCUT2D eigenvalue weighted by Crippen LogP contribution is -2.41. The molecule has 0 amide bonds. The van der Waals surface area contributed by atoms with Crippen LogP contribution in [0.4, 0.5) is 0 Å². The van der Waals surface area contributed by atoms with E-state index < -0.39 is 18.1 Å². The first-order valence-corrected chi connectivity index (χ1v) is 5.21. The molecule has 0 aromatic carbocycles. The van der Waals surface area contributed by atoms with Gasteiger partial charge in [-0.15, -0.1) is 0 Å². The third kappa shape index (κ3) is 3.27. The smallest absolute Gasteiger partial charge is 0.325 e. The molecular weight excluding hydrogens is 182 g/mol. The standard InChI is InChI=1S/C10H19NO3/c1-7(12)9(11)10(13)14-6-5-8-3-2-4-8/h7-9,12H,2-6,11H2,1H3/t7-,9+/m1/s1. The molecule has 4 heteroatoms. The van der Waals surface area contributed by atoms with Gasteiger partial charge in [0.2, 0.25) is 0 Å². The molecule has 0 unspecified atom stereocenters. The summed E-state index contributed by atoms with van der Waals surface area (Å²) in [6.45, 7) is 1.92. The van der Waals surface area contributed by atoms with E-state index >= 15 is 0 Å². The van der Waals surface area contributed by atoms with Crippen LogP contribution >= 0.6 is 0 Å². The summed E-state index contributed by atoms with van der Waals surface area (Å²) in [5.41, 5.74) is 5.40. The lowest BCUT2D eigenvalue weighted by atomic mass is 9.83. The van der Waals surface area contributed by atoms with Gasteiger partial charge >= 0.3 is 5.97 Å². The molecule has 82 valence electrons. The second kappa shape index (κ2) is 5.32. The van der Waals surface area contributed by atoms with Crippen molar-refractivity contribution in [1.29, 1.82) is 0 Å². The number of hydrogen-bond donors (Lipinski definition) is 2. The second-order valence-electron chi connectivity index (χ2n) is 4.02. The van der Waals surface area contributed by atoms with Gasteiger partial charge in [-0.1, -0.05) is 19.3 Å². The summed E-state index contributed by atoms with van der Waals surface area (Å²) in [7, 11) is 0. The number of nitrogens with two attached hydrogens (primary N) is 1. The molecule has 0 spiro atoms. The fraction of sp³-hybridized carbons (Fsp3) is 0.900. The summed E-state index contributed by atoms with van der Waals surface area (Å²) in [5, 5.41) is 9.03. The van der Waals surface area contributed by atoms with E-state index in [2.05, 4.69) is 0 Å². The fourth-order valence-electron chi connectivity index (χ4n) is 1.40. The highest BCUT2D eigenvalue weighted by Crippen LogP contribution is 2.29. The molecule has 1 fully saturated rings. The van der Waals surface area contributed by atoms with Gasteiger partial charge in [0.05, 0.1) is 12.7 Å². The monoisotopic (exact) mass is 201 g/mol. The Morgan fingerprint density at radius 1 is 1.64 bits per heavy atom. The van der Waals surface area contributed by atoms with E-state index in [0.717, 1.165) is 12.3 Å². The van der Waals surface area contributed by atoms with Crippen molar-refractivity contribution < 1.29 is 14.6 Å². The van der Waals surface area contributed by atoms with Crippen molar-refractivity contribution in [3.8, 4) is 0 Å². The molecule has 1 aliphatic rings. The van der Waals surface area contributed by atoms with E-state index in [1.54, 1.807) is 0 Å². The van der Waals surface area contributed by atoms with Crippen LogP contribution in [0.3, 0.4) is 0 Å². The van der Waals surface area contributed by atoms with E-state index in [1.165, 1.54) is 26.2 Å². The van der Waals surface area contributed by atoms with Crippen molar-refractivity contribution in [3.63, 3.8) is 0 Å². The summed E-state index contributed by atoms with van der Waals surface area (Å²) in [4.78, 5) is 11.2. The summed E-state index contributed by atoms with van der Waals surface area (Å²) >= 11 is 0. The zero-order chi connectivity index (χ0) is 10.6. The molecule has 1 aliphatic carbocycles. The van der Waals surface area contributed by atoms with E-state index in [1.807, 2.05) is 0 Å². The first-order valence-electron chi connectivity index (χ1n) is 5.21. The number of hydrogen-bond acceptors (Lipinski definition) is 4. The highest BCUT2D eigenvalue weighted by Gasteiger charge is 2.22. The normalized spacial score (nSPS) is 21.1. The minimum absolute atomic E-state index is 0.434. The van der Waals surface area contributed by atoms with Gasteiger partial charge in [-0.3, -0.25) is 4.79 Å². The van der Waals surface area contributed by atoms with Crippen LogP contribution in [0.2, 0.25) is 0 Å². The Labute approximate surface area is 84.4 Å². The third-order valence-corrected chi connectivity index (χ3v) is 2.79. The molecule has 0 aliphatic heterocycles. The predicted octanol–water partition coefficient (Wildman–Crippen LogP) is 0.428. The maximum Gasteiger partial charge on any atom is 0.325 e. The zero-order valence-electron chi connectivity index (χ0n) is 8.61. The SMILES string of the molecule is C[C@@H](O)[C@H](N)C(=O)OCCC1CCC1. The highest BCUT2D eigenvalue weighted by molar-refractivity contribution is 5.76. The molecule has 3 N–H and O–H groups in total. The van der Waals surface area contributed by atoms with Gasteiger partial charge in [-0.2, -0.15) is 0 Å². The maximum atomic E-state index is 11.2. The average Bonchev–Trinajstić information content (AvgIpc) is 2.07. The molecule has 0 heterocycles. The number of esters is 1. The van der Waals surface area contributed by atoms with E-state index in [4.69, 9.17) is 15.6 Å². The summed E-state index contributed by atoms with van der Waals surface area (Å²) in [6.07, 6.45) is 3.88. The van der Waals surface area contributed by atoms with Gasteiger partial charge in [0.15, 0.2) is 0 Å². The van der Waals surface area contributed by atoms with Crippen molar-refractivity contribution in [2.45, 2.75) is 44.8 Å². The van der Waals surface area contributed by atoms with Crippen LogP contribution in [0.1, 0.15) is 32.6 Å². The Kier molecular flexibility index (Phi) is 4.35. The fourth-order valence-corrected chi connectivity index (χ4v) is 1.40. The van der Waals surface area contributed by atoms with Crippen LogP contribution in [0, 0.1) is 5.92 Å². The van der Waals surface area contributed by atoms with Crippen molar-refractivity contribution in [2.24, 2.45) is 11.7 Å². The number of rotatable bonds is 5. The van der Waals surface area contributed by atoms with E-state index in [0.29, 0.717) is 6.61 Å². The Morgan fingerprint density at radius 3 is 2.71 bits per heavy atom. The number of ether oxygens (including phenoxy) is 1.